The summed E-state index contributed by atoms with van der Waals surface area (Å²) in [5, 5.41) is 8.76. The van der Waals surface area contributed by atoms with Crippen molar-refractivity contribution in [1.82, 2.24) is 0 Å². The first kappa shape index (κ1) is 10.5. The molecule has 0 aliphatic carbocycles. The van der Waals surface area contributed by atoms with Crippen molar-refractivity contribution in [3.05, 3.63) is 29.8 Å². The number of carbonyl (C=O) groups is 1. The van der Waals surface area contributed by atoms with Crippen molar-refractivity contribution in [3.63, 3.8) is 0 Å². The van der Waals surface area contributed by atoms with Crippen molar-refractivity contribution >= 4 is 5.91 Å². The van der Waals surface area contributed by atoms with Gasteiger partial charge in [0, 0.05) is 6.92 Å². The SMILES string of the molecule is CC(N)=O.Cc1ccc(O)cc1. The molecule has 3 heteroatoms. The summed E-state index contributed by atoms with van der Waals surface area (Å²) >= 11 is 0. The molecule has 0 aromatic heterocycles. The van der Waals surface area contributed by atoms with Crippen LogP contribution in [0.4, 0.5) is 0 Å². The number of hydrogen-bond donors (Lipinski definition) is 2. The zero-order chi connectivity index (χ0) is 9.56. The Labute approximate surface area is 71.8 Å². The normalized spacial score (nSPS) is 8.17. The summed E-state index contributed by atoms with van der Waals surface area (Å²) in [6.45, 7) is 3.29. The third-order valence-electron chi connectivity index (χ3n) is 1.03. The second-order valence-corrected chi connectivity index (χ2v) is 2.45. The van der Waals surface area contributed by atoms with Crippen LogP contribution >= 0.6 is 0 Å². The molecule has 0 unspecified atom stereocenters. The van der Waals surface area contributed by atoms with E-state index in [1.54, 1.807) is 12.1 Å². The molecule has 0 spiro atoms. The van der Waals surface area contributed by atoms with Crippen LogP contribution in [0.25, 0.3) is 0 Å². The van der Waals surface area contributed by atoms with Crippen molar-refractivity contribution in [1.29, 1.82) is 0 Å². The molecule has 0 saturated carbocycles. The number of rotatable bonds is 0. The van der Waals surface area contributed by atoms with E-state index >= 15 is 0 Å². The van der Waals surface area contributed by atoms with E-state index in [0.717, 1.165) is 0 Å². The Morgan fingerprint density at radius 2 is 1.67 bits per heavy atom. The highest BCUT2D eigenvalue weighted by molar-refractivity contribution is 5.70. The van der Waals surface area contributed by atoms with Gasteiger partial charge in [0.05, 0.1) is 0 Å². The molecule has 66 valence electrons. The molecule has 0 radical (unpaired) electrons. The summed E-state index contributed by atoms with van der Waals surface area (Å²) in [5.41, 5.74) is 5.64. The highest BCUT2D eigenvalue weighted by Crippen LogP contribution is 2.07. The average Bonchev–Trinajstić information content (AvgIpc) is 1.94. The molecule has 3 nitrogen and oxygen atoms in total. The molecule has 3 N–H and O–H groups in total. The van der Waals surface area contributed by atoms with Crippen LogP contribution in [0, 0.1) is 6.92 Å². The lowest BCUT2D eigenvalue weighted by Crippen LogP contribution is -2.01. The summed E-state index contributed by atoms with van der Waals surface area (Å²) in [6.07, 6.45) is 0. The number of carbonyl (C=O) groups excluding carboxylic acids is 1. The second kappa shape index (κ2) is 5.18. The van der Waals surface area contributed by atoms with Gasteiger partial charge in [-0.25, -0.2) is 0 Å². The molecular formula is C9H13NO2. The Bertz CT molecular complexity index is 216. The third kappa shape index (κ3) is 6.61. The molecular weight excluding hydrogens is 154 g/mol. The lowest BCUT2D eigenvalue weighted by Gasteiger charge is -1.89. The first-order valence-corrected chi connectivity index (χ1v) is 3.54. The quantitative estimate of drug-likeness (QED) is 0.609. The van der Waals surface area contributed by atoms with Gasteiger partial charge in [0.2, 0.25) is 5.91 Å². The van der Waals surface area contributed by atoms with Gasteiger partial charge in [-0.05, 0) is 19.1 Å². The first-order valence-electron chi connectivity index (χ1n) is 3.54. The Balaban J connectivity index is 0.000000261. The van der Waals surface area contributed by atoms with Gasteiger partial charge >= 0.3 is 0 Å². The zero-order valence-electron chi connectivity index (χ0n) is 7.24. The van der Waals surface area contributed by atoms with Crippen molar-refractivity contribution in [2.24, 2.45) is 5.73 Å². The second-order valence-electron chi connectivity index (χ2n) is 2.45. The van der Waals surface area contributed by atoms with Crippen LogP contribution < -0.4 is 5.73 Å². The Hall–Kier alpha value is -1.51. The average molecular weight is 167 g/mol. The molecule has 1 rings (SSSR count). The molecule has 12 heavy (non-hydrogen) atoms. The van der Waals surface area contributed by atoms with Gasteiger partial charge in [-0.15, -0.1) is 0 Å². The maximum absolute atomic E-state index is 9.22. The van der Waals surface area contributed by atoms with E-state index in [0.29, 0.717) is 5.75 Å². The van der Waals surface area contributed by atoms with Gasteiger partial charge in [-0.2, -0.15) is 0 Å². The van der Waals surface area contributed by atoms with E-state index in [-0.39, 0.29) is 5.91 Å². The van der Waals surface area contributed by atoms with Gasteiger partial charge < -0.3 is 10.8 Å². The first-order chi connectivity index (χ1) is 5.52. The topological polar surface area (TPSA) is 63.3 Å². The van der Waals surface area contributed by atoms with Crippen LogP contribution in [-0.4, -0.2) is 11.0 Å². The minimum absolute atomic E-state index is 0.329. The van der Waals surface area contributed by atoms with E-state index in [1.807, 2.05) is 19.1 Å². The molecule has 1 aromatic rings. The highest BCUT2D eigenvalue weighted by Gasteiger charge is 1.82. The number of benzene rings is 1. The molecule has 0 atom stereocenters. The van der Waals surface area contributed by atoms with Gasteiger partial charge in [-0.1, -0.05) is 17.7 Å². The van der Waals surface area contributed by atoms with E-state index in [4.69, 9.17) is 5.11 Å². The fourth-order valence-electron chi connectivity index (χ4n) is 0.545. The van der Waals surface area contributed by atoms with E-state index < -0.39 is 0 Å². The molecule has 1 amide bonds. The Morgan fingerprint density at radius 1 is 1.33 bits per heavy atom. The van der Waals surface area contributed by atoms with Crippen molar-refractivity contribution in [3.8, 4) is 5.75 Å². The maximum atomic E-state index is 9.22. The van der Waals surface area contributed by atoms with Gasteiger partial charge in [0.1, 0.15) is 5.75 Å². The number of hydrogen-bond acceptors (Lipinski definition) is 2. The van der Waals surface area contributed by atoms with Gasteiger partial charge in [0.25, 0.3) is 0 Å². The number of primary amides is 1. The molecule has 0 aliphatic heterocycles. The molecule has 0 fully saturated rings. The molecule has 0 saturated heterocycles. The third-order valence-corrected chi connectivity index (χ3v) is 1.03. The lowest BCUT2D eigenvalue weighted by molar-refractivity contribution is -0.115. The van der Waals surface area contributed by atoms with E-state index in [9.17, 15) is 4.79 Å². The number of phenols is 1. The number of phenolic OH excluding ortho intramolecular Hbond substituents is 1. The molecule has 0 heterocycles. The lowest BCUT2D eigenvalue weighted by atomic mass is 10.2. The predicted molar refractivity (Wildman–Crippen MR) is 47.7 cm³/mol. The minimum atomic E-state index is -0.333. The summed E-state index contributed by atoms with van der Waals surface area (Å²) in [6, 6.07) is 7.09. The Morgan fingerprint density at radius 3 is 1.92 bits per heavy atom. The predicted octanol–water partition coefficient (Wildman–Crippen LogP) is 1.19. The van der Waals surface area contributed by atoms with Crippen LogP contribution in [0.3, 0.4) is 0 Å². The van der Waals surface area contributed by atoms with Crippen LogP contribution in [-0.2, 0) is 4.79 Å². The summed E-state index contributed by atoms with van der Waals surface area (Å²) < 4.78 is 0. The molecule has 1 aromatic carbocycles. The minimum Gasteiger partial charge on any atom is -0.508 e. The van der Waals surface area contributed by atoms with Crippen molar-refractivity contribution in [2.75, 3.05) is 0 Å². The van der Waals surface area contributed by atoms with Crippen LogP contribution in [0.1, 0.15) is 12.5 Å². The number of aromatic hydroxyl groups is 1. The number of amides is 1. The number of aryl methyl sites for hydroxylation is 1. The summed E-state index contributed by atoms with van der Waals surface area (Å²) in [7, 11) is 0. The smallest absolute Gasteiger partial charge is 0.214 e. The largest absolute Gasteiger partial charge is 0.508 e. The highest BCUT2D eigenvalue weighted by atomic mass is 16.3. The fraction of sp³-hybridized carbons (Fsp3) is 0.222. The standard InChI is InChI=1S/C7H8O.C2H5NO/c1-6-2-4-7(8)5-3-6;1-2(3)4/h2-5,8H,1H3;1H3,(H2,3,4). The monoisotopic (exact) mass is 167 g/mol. The van der Waals surface area contributed by atoms with Crippen molar-refractivity contribution < 1.29 is 9.90 Å². The molecule has 0 bridgehead atoms. The maximum Gasteiger partial charge on any atom is 0.214 e. The van der Waals surface area contributed by atoms with Crippen LogP contribution in [0.2, 0.25) is 0 Å². The van der Waals surface area contributed by atoms with Gasteiger partial charge in [-0.3, -0.25) is 4.79 Å². The fourth-order valence-corrected chi connectivity index (χ4v) is 0.545. The van der Waals surface area contributed by atoms with E-state index in [1.165, 1.54) is 12.5 Å². The van der Waals surface area contributed by atoms with Crippen LogP contribution in [0.15, 0.2) is 24.3 Å². The van der Waals surface area contributed by atoms with Crippen molar-refractivity contribution in [2.45, 2.75) is 13.8 Å². The summed E-state index contributed by atoms with van der Waals surface area (Å²) in [5.74, 6) is -0.00407. The molecule has 0 aliphatic rings. The van der Waals surface area contributed by atoms with Crippen LogP contribution in [0.5, 0.6) is 5.75 Å². The zero-order valence-corrected chi connectivity index (χ0v) is 7.24. The Kier molecular flexibility index (Phi) is 4.53. The summed E-state index contributed by atoms with van der Waals surface area (Å²) in [4.78, 5) is 9.22. The number of nitrogens with two attached hydrogens (primary N) is 1. The van der Waals surface area contributed by atoms with Gasteiger partial charge in [0.15, 0.2) is 0 Å². The van der Waals surface area contributed by atoms with E-state index in [2.05, 4.69) is 5.73 Å².